The van der Waals surface area contributed by atoms with E-state index in [1.54, 1.807) is 0 Å². The van der Waals surface area contributed by atoms with Gasteiger partial charge >= 0.3 is 0 Å². The average Bonchev–Trinajstić information content (AvgIpc) is 3.02. The molecular formula is C12H12N4OS2. The number of thioether (sulfide) groups is 1. The Hall–Kier alpha value is -1.60. The number of oxazole rings is 1. The fourth-order valence-corrected chi connectivity index (χ4v) is 3.15. The minimum absolute atomic E-state index is 0.664. The first kappa shape index (κ1) is 12.4. The second-order valence-corrected chi connectivity index (χ2v) is 5.50. The van der Waals surface area contributed by atoms with Crippen LogP contribution < -0.4 is 5.32 Å². The highest BCUT2D eigenvalue weighted by Crippen LogP contribution is 2.28. The van der Waals surface area contributed by atoms with Crippen LogP contribution in [0, 0.1) is 0 Å². The summed E-state index contributed by atoms with van der Waals surface area (Å²) < 4.78 is 9.61. The second-order valence-electron chi connectivity index (χ2n) is 3.82. The van der Waals surface area contributed by atoms with E-state index < -0.39 is 0 Å². The van der Waals surface area contributed by atoms with E-state index in [1.807, 2.05) is 24.3 Å². The topological polar surface area (TPSA) is 63.8 Å². The number of fused-ring (bicyclic) bond motifs is 1. The molecule has 0 bridgehead atoms. The summed E-state index contributed by atoms with van der Waals surface area (Å²) in [5.41, 5.74) is 2.64. The summed E-state index contributed by atoms with van der Waals surface area (Å²) in [5, 5.41) is 9.05. The molecule has 0 amide bonds. The molecule has 0 atom stereocenters. The third-order valence-corrected chi connectivity index (χ3v) is 4.06. The first-order valence-corrected chi connectivity index (χ1v) is 7.66. The summed E-state index contributed by atoms with van der Waals surface area (Å²) in [6.45, 7) is 2.92. The Morgan fingerprint density at radius 1 is 1.37 bits per heavy atom. The summed E-state index contributed by atoms with van der Waals surface area (Å²) in [4.78, 5) is 4.42. The van der Waals surface area contributed by atoms with Crippen molar-refractivity contribution in [3.8, 4) is 0 Å². The van der Waals surface area contributed by atoms with Gasteiger partial charge in [0.1, 0.15) is 16.2 Å². The van der Waals surface area contributed by atoms with Crippen molar-refractivity contribution in [1.29, 1.82) is 0 Å². The molecule has 2 heterocycles. The SMILES string of the molecule is CCNc1snnc1CSc1nc2ccccc2o1. The number of anilines is 1. The number of aromatic nitrogens is 3. The molecule has 0 aliphatic heterocycles. The van der Waals surface area contributed by atoms with Crippen LogP contribution in [0.3, 0.4) is 0 Å². The summed E-state index contributed by atoms with van der Waals surface area (Å²) in [7, 11) is 0. The van der Waals surface area contributed by atoms with Crippen molar-refractivity contribution in [2.24, 2.45) is 0 Å². The minimum Gasteiger partial charge on any atom is -0.431 e. The Bertz CT molecular complexity index is 646. The predicted molar refractivity (Wildman–Crippen MR) is 77.6 cm³/mol. The van der Waals surface area contributed by atoms with Gasteiger partial charge in [-0.25, -0.2) is 4.98 Å². The van der Waals surface area contributed by atoms with E-state index in [1.165, 1.54) is 23.3 Å². The number of hydrogen-bond acceptors (Lipinski definition) is 7. The third-order valence-electron chi connectivity index (χ3n) is 2.50. The van der Waals surface area contributed by atoms with Crippen LogP contribution in [0.15, 0.2) is 33.9 Å². The largest absolute Gasteiger partial charge is 0.431 e. The zero-order valence-electron chi connectivity index (χ0n) is 10.3. The van der Waals surface area contributed by atoms with E-state index >= 15 is 0 Å². The molecule has 0 fully saturated rings. The lowest BCUT2D eigenvalue weighted by Gasteiger charge is -1.99. The Morgan fingerprint density at radius 2 is 2.26 bits per heavy atom. The highest BCUT2D eigenvalue weighted by molar-refractivity contribution is 7.98. The molecule has 7 heteroatoms. The van der Waals surface area contributed by atoms with Crippen molar-refractivity contribution < 1.29 is 4.42 Å². The normalized spacial score (nSPS) is 11.0. The number of benzene rings is 1. The van der Waals surface area contributed by atoms with Crippen LogP contribution >= 0.6 is 23.3 Å². The molecular weight excluding hydrogens is 280 g/mol. The fourth-order valence-electron chi connectivity index (χ4n) is 1.64. The average molecular weight is 292 g/mol. The first-order valence-electron chi connectivity index (χ1n) is 5.90. The smallest absolute Gasteiger partial charge is 0.257 e. The summed E-state index contributed by atoms with van der Waals surface area (Å²) in [6.07, 6.45) is 0. The molecule has 0 saturated heterocycles. The van der Waals surface area contributed by atoms with Gasteiger partial charge in [0.15, 0.2) is 5.58 Å². The van der Waals surface area contributed by atoms with Crippen LogP contribution in [0.25, 0.3) is 11.1 Å². The highest BCUT2D eigenvalue weighted by Gasteiger charge is 2.11. The van der Waals surface area contributed by atoms with Crippen LogP contribution in [-0.4, -0.2) is 21.1 Å². The molecule has 0 radical (unpaired) electrons. The lowest BCUT2D eigenvalue weighted by molar-refractivity contribution is 0.489. The molecule has 3 rings (SSSR count). The molecule has 0 aliphatic carbocycles. The van der Waals surface area contributed by atoms with Gasteiger partial charge in [-0.2, -0.15) is 0 Å². The summed E-state index contributed by atoms with van der Waals surface area (Å²) in [6, 6.07) is 7.75. The second kappa shape index (κ2) is 5.58. The van der Waals surface area contributed by atoms with Crippen molar-refractivity contribution in [2.45, 2.75) is 17.9 Å². The quantitative estimate of drug-likeness (QED) is 0.727. The van der Waals surface area contributed by atoms with Gasteiger partial charge in [-0.05, 0) is 19.1 Å². The maximum absolute atomic E-state index is 5.65. The third kappa shape index (κ3) is 2.71. The van der Waals surface area contributed by atoms with E-state index in [2.05, 4.69) is 26.8 Å². The minimum atomic E-state index is 0.664. The van der Waals surface area contributed by atoms with Crippen molar-refractivity contribution in [2.75, 3.05) is 11.9 Å². The molecule has 98 valence electrons. The predicted octanol–water partition coefficient (Wildman–Crippen LogP) is 3.40. The van der Waals surface area contributed by atoms with Crippen molar-refractivity contribution >= 4 is 39.4 Å². The number of para-hydroxylation sites is 2. The van der Waals surface area contributed by atoms with Gasteiger partial charge in [0.2, 0.25) is 0 Å². The van der Waals surface area contributed by atoms with Gasteiger partial charge in [0.05, 0.1) is 5.75 Å². The number of rotatable bonds is 5. The maximum Gasteiger partial charge on any atom is 0.257 e. The molecule has 3 aromatic rings. The van der Waals surface area contributed by atoms with Gasteiger partial charge in [-0.1, -0.05) is 28.4 Å². The number of hydrogen-bond donors (Lipinski definition) is 1. The molecule has 0 saturated carbocycles. The van der Waals surface area contributed by atoms with Gasteiger partial charge in [0.25, 0.3) is 5.22 Å². The van der Waals surface area contributed by atoms with Gasteiger partial charge in [-0.3, -0.25) is 0 Å². The molecule has 19 heavy (non-hydrogen) atoms. The Balaban J connectivity index is 1.73. The Kier molecular flexibility index (Phi) is 3.65. The highest BCUT2D eigenvalue weighted by atomic mass is 32.2. The van der Waals surface area contributed by atoms with E-state index in [0.29, 0.717) is 11.0 Å². The van der Waals surface area contributed by atoms with Crippen LogP contribution in [0.1, 0.15) is 12.6 Å². The molecule has 0 unspecified atom stereocenters. The molecule has 2 aromatic heterocycles. The molecule has 0 spiro atoms. The summed E-state index contributed by atoms with van der Waals surface area (Å²) in [5.74, 6) is 0.700. The van der Waals surface area contributed by atoms with Crippen molar-refractivity contribution in [3.05, 3.63) is 30.0 Å². The van der Waals surface area contributed by atoms with Gasteiger partial charge < -0.3 is 9.73 Å². The van der Waals surface area contributed by atoms with E-state index in [0.717, 1.165) is 28.3 Å². The van der Waals surface area contributed by atoms with Gasteiger partial charge in [-0.15, -0.1) is 5.10 Å². The Labute approximate surface area is 118 Å². The molecule has 0 aliphatic rings. The van der Waals surface area contributed by atoms with Crippen LogP contribution in [0.2, 0.25) is 0 Å². The molecule has 1 N–H and O–H groups in total. The first-order chi connectivity index (χ1) is 9.36. The van der Waals surface area contributed by atoms with E-state index in [4.69, 9.17) is 4.42 Å². The van der Waals surface area contributed by atoms with E-state index in [-0.39, 0.29) is 0 Å². The maximum atomic E-state index is 5.65. The molecule has 5 nitrogen and oxygen atoms in total. The van der Waals surface area contributed by atoms with E-state index in [9.17, 15) is 0 Å². The van der Waals surface area contributed by atoms with Gasteiger partial charge in [0, 0.05) is 18.1 Å². The monoisotopic (exact) mass is 292 g/mol. The van der Waals surface area contributed by atoms with Crippen molar-refractivity contribution in [1.82, 2.24) is 14.6 Å². The molecule has 1 aromatic carbocycles. The Morgan fingerprint density at radius 3 is 3.11 bits per heavy atom. The fraction of sp³-hybridized carbons (Fsp3) is 0.250. The van der Waals surface area contributed by atoms with Crippen LogP contribution in [-0.2, 0) is 5.75 Å². The standard InChI is InChI=1S/C12H12N4OS2/c1-2-13-11-9(15-16-19-11)7-18-12-14-8-5-3-4-6-10(8)17-12/h3-6,13H,2,7H2,1H3. The zero-order valence-corrected chi connectivity index (χ0v) is 11.9. The number of nitrogens with one attached hydrogen (secondary N) is 1. The van der Waals surface area contributed by atoms with Crippen molar-refractivity contribution in [3.63, 3.8) is 0 Å². The zero-order chi connectivity index (χ0) is 13.1. The van der Waals surface area contributed by atoms with Crippen LogP contribution in [0.4, 0.5) is 5.00 Å². The lowest BCUT2D eigenvalue weighted by atomic mass is 10.3. The number of nitrogens with zero attached hydrogens (tertiary/aromatic N) is 3. The lowest BCUT2D eigenvalue weighted by Crippen LogP contribution is -1.97. The summed E-state index contributed by atoms with van der Waals surface area (Å²) >= 11 is 2.91. The van der Waals surface area contributed by atoms with Crippen LogP contribution in [0.5, 0.6) is 0 Å².